The van der Waals surface area contributed by atoms with Crippen molar-refractivity contribution in [2.24, 2.45) is 0 Å². The highest BCUT2D eigenvalue weighted by atomic mass is 16.5. The fourth-order valence-corrected chi connectivity index (χ4v) is 4.58. The summed E-state index contributed by atoms with van der Waals surface area (Å²) in [5.41, 5.74) is 2.38. The quantitative estimate of drug-likeness (QED) is 0.737. The number of ether oxygens (including phenoxy) is 2. The maximum Gasteiger partial charge on any atom is 0.130 e. The van der Waals surface area contributed by atoms with Gasteiger partial charge < -0.3 is 14.8 Å². The first-order valence-electron chi connectivity index (χ1n) is 11.0. The Balaban J connectivity index is 1.36. The van der Waals surface area contributed by atoms with E-state index in [2.05, 4.69) is 33.4 Å². The smallest absolute Gasteiger partial charge is 0.130 e. The van der Waals surface area contributed by atoms with Crippen molar-refractivity contribution in [2.75, 3.05) is 32.8 Å². The molecule has 0 radical (unpaired) electrons. The average Bonchev–Trinajstić information content (AvgIpc) is 2.80. The van der Waals surface area contributed by atoms with E-state index < -0.39 is 0 Å². The number of aromatic nitrogens is 1. The number of likely N-dealkylation sites (tertiary alicyclic amines) is 1. The Hall–Kier alpha value is -1.95. The third-order valence-corrected chi connectivity index (χ3v) is 6.29. The molecule has 0 aliphatic carbocycles. The zero-order chi connectivity index (χ0) is 19.8. The molecule has 0 unspecified atom stereocenters. The van der Waals surface area contributed by atoms with Crippen molar-refractivity contribution in [1.82, 2.24) is 15.2 Å². The molecule has 0 saturated carbocycles. The van der Waals surface area contributed by atoms with Crippen LogP contribution < -0.4 is 10.1 Å². The van der Waals surface area contributed by atoms with Gasteiger partial charge in [-0.15, -0.1) is 0 Å². The van der Waals surface area contributed by atoms with E-state index in [-0.39, 0.29) is 5.54 Å². The second-order valence-corrected chi connectivity index (χ2v) is 8.21. The summed E-state index contributed by atoms with van der Waals surface area (Å²) in [5.74, 6) is 0.935. The lowest BCUT2D eigenvalue weighted by molar-refractivity contribution is -0.0358. The number of pyridine rings is 1. The highest BCUT2D eigenvalue weighted by Crippen LogP contribution is 2.30. The van der Waals surface area contributed by atoms with Crippen LogP contribution in [0.1, 0.15) is 43.4 Å². The van der Waals surface area contributed by atoms with Gasteiger partial charge in [0.25, 0.3) is 0 Å². The molecule has 0 amide bonds. The van der Waals surface area contributed by atoms with Crippen LogP contribution >= 0.6 is 0 Å². The van der Waals surface area contributed by atoms with Crippen LogP contribution in [0.4, 0.5) is 0 Å². The first-order valence-corrected chi connectivity index (χ1v) is 11.0. The van der Waals surface area contributed by atoms with E-state index in [0.29, 0.717) is 6.61 Å². The van der Waals surface area contributed by atoms with E-state index in [0.717, 1.165) is 50.6 Å². The molecule has 5 heteroatoms. The van der Waals surface area contributed by atoms with Crippen molar-refractivity contribution in [2.45, 2.75) is 50.8 Å². The van der Waals surface area contributed by atoms with Gasteiger partial charge in [0.1, 0.15) is 12.4 Å². The first-order chi connectivity index (χ1) is 14.4. The minimum Gasteiger partial charge on any atom is -0.487 e. The third-order valence-electron chi connectivity index (χ3n) is 6.29. The predicted octanol–water partition coefficient (Wildman–Crippen LogP) is 3.79. The monoisotopic (exact) mass is 395 g/mol. The highest BCUT2D eigenvalue weighted by molar-refractivity contribution is 5.33. The van der Waals surface area contributed by atoms with Gasteiger partial charge in [-0.25, -0.2) is 0 Å². The molecule has 1 N–H and O–H groups in total. The minimum absolute atomic E-state index is 0.239. The first kappa shape index (κ1) is 20.3. The van der Waals surface area contributed by atoms with Gasteiger partial charge in [-0.05, 0) is 57.0 Å². The number of nitrogens with one attached hydrogen (secondary N) is 1. The third kappa shape index (κ3) is 5.35. The van der Waals surface area contributed by atoms with Crippen molar-refractivity contribution < 1.29 is 9.47 Å². The molecule has 0 bridgehead atoms. The summed E-state index contributed by atoms with van der Waals surface area (Å²) in [6.07, 6.45) is 8.08. The molecule has 29 heavy (non-hydrogen) atoms. The van der Waals surface area contributed by atoms with Crippen LogP contribution in [-0.4, -0.2) is 48.3 Å². The number of hydrogen-bond donors (Lipinski definition) is 1. The summed E-state index contributed by atoms with van der Waals surface area (Å²) in [6, 6.07) is 14.2. The van der Waals surface area contributed by atoms with Gasteiger partial charge in [0.15, 0.2) is 0 Å². The number of para-hydroxylation sites is 1. The molecule has 1 aromatic carbocycles. The Labute approximate surface area is 174 Å². The Kier molecular flexibility index (Phi) is 7.14. The van der Waals surface area contributed by atoms with Crippen molar-refractivity contribution in [3.63, 3.8) is 0 Å². The maximum atomic E-state index is 6.07. The molecule has 2 fully saturated rings. The summed E-state index contributed by atoms with van der Waals surface area (Å²) in [4.78, 5) is 7.08. The van der Waals surface area contributed by atoms with Crippen LogP contribution in [-0.2, 0) is 17.9 Å². The fourth-order valence-electron chi connectivity index (χ4n) is 4.58. The number of benzene rings is 1. The molecule has 3 heterocycles. The fraction of sp³-hybridized carbons (Fsp3) is 0.542. The topological polar surface area (TPSA) is 46.6 Å². The van der Waals surface area contributed by atoms with E-state index in [1.54, 1.807) is 6.20 Å². The van der Waals surface area contributed by atoms with Crippen molar-refractivity contribution in [3.05, 3.63) is 59.9 Å². The Bertz CT molecular complexity index is 741. The molecule has 2 aliphatic rings. The Morgan fingerprint density at radius 3 is 2.59 bits per heavy atom. The van der Waals surface area contributed by atoms with Gasteiger partial charge in [0.05, 0.1) is 5.69 Å². The lowest BCUT2D eigenvalue weighted by atomic mass is 9.86. The van der Waals surface area contributed by atoms with Gasteiger partial charge in [-0.1, -0.05) is 30.7 Å². The number of hydrogen-bond acceptors (Lipinski definition) is 5. The SMILES string of the molecule is c1ccc(COc2ccccc2CNCC2(N3CCCCC3)CCOCC2)nc1. The standard InChI is InChI=1S/C24H33N3O2/c1-6-14-27(15-7-1)24(11-16-28-17-12-24)20-25-18-21-8-2-3-10-23(21)29-19-22-9-4-5-13-26-22/h2-5,8-10,13,25H,1,6-7,11-12,14-20H2. The normalized spacial score (nSPS) is 19.7. The van der Waals surface area contributed by atoms with Crippen molar-refractivity contribution in [3.8, 4) is 5.75 Å². The summed E-state index contributed by atoms with van der Waals surface area (Å²) in [6.45, 7) is 6.52. The second-order valence-electron chi connectivity index (χ2n) is 8.21. The van der Waals surface area contributed by atoms with E-state index in [9.17, 15) is 0 Å². The lowest BCUT2D eigenvalue weighted by Gasteiger charge is -2.48. The average molecular weight is 396 g/mol. The summed E-state index contributed by atoms with van der Waals surface area (Å²) >= 11 is 0. The zero-order valence-electron chi connectivity index (χ0n) is 17.3. The van der Waals surface area contributed by atoms with Gasteiger partial charge >= 0.3 is 0 Å². The molecule has 2 saturated heterocycles. The summed E-state index contributed by atoms with van der Waals surface area (Å²) in [7, 11) is 0. The predicted molar refractivity (Wildman–Crippen MR) is 115 cm³/mol. The maximum absolute atomic E-state index is 6.07. The highest BCUT2D eigenvalue weighted by Gasteiger charge is 2.38. The van der Waals surface area contributed by atoms with E-state index in [1.165, 1.54) is 37.9 Å². The molecular formula is C24H33N3O2. The van der Waals surface area contributed by atoms with Gasteiger partial charge in [0.2, 0.25) is 0 Å². The van der Waals surface area contributed by atoms with Gasteiger partial charge in [-0.2, -0.15) is 0 Å². The molecular weight excluding hydrogens is 362 g/mol. The Morgan fingerprint density at radius 2 is 1.79 bits per heavy atom. The number of piperidine rings is 1. The van der Waals surface area contributed by atoms with Crippen molar-refractivity contribution in [1.29, 1.82) is 0 Å². The van der Waals surface area contributed by atoms with E-state index in [4.69, 9.17) is 9.47 Å². The molecule has 1 aromatic heterocycles. The van der Waals surface area contributed by atoms with Gasteiger partial charge in [-0.3, -0.25) is 9.88 Å². The van der Waals surface area contributed by atoms with Crippen LogP contribution in [0, 0.1) is 0 Å². The molecule has 156 valence electrons. The molecule has 2 aromatic rings. The van der Waals surface area contributed by atoms with Crippen LogP contribution in [0.2, 0.25) is 0 Å². The largest absolute Gasteiger partial charge is 0.487 e. The van der Waals surface area contributed by atoms with Gasteiger partial charge in [0, 0.05) is 43.6 Å². The molecule has 2 aliphatic heterocycles. The number of nitrogens with zero attached hydrogens (tertiary/aromatic N) is 2. The second kappa shape index (κ2) is 10.2. The van der Waals surface area contributed by atoms with Crippen LogP contribution in [0.25, 0.3) is 0 Å². The van der Waals surface area contributed by atoms with E-state index in [1.807, 2.05) is 24.3 Å². The number of rotatable bonds is 8. The summed E-state index contributed by atoms with van der Waals surface area (Å²) < 4.78 is 11.8. The molecule has 0 atom stereocenters. The van der Waals surface area contributed by atoms with Crippen molar-refractivity contribution >= 4 is 0 Å². The Morgan fingerprint density at radius 1 is 1.00 bits per heavy atom. The molecule has 4 rings (SSSR count). The lowest BCUT2D eigenvalue weighted by Crippen LogP contribution is -2.59. The molecule has 0 spiro atoms. The van der Waals surface area contributed by atoms with Crippen LogP contribution in [0.3, 0.4) is 0 Å². The summed E-state index contributed by atoms with van der Waals surface area (Å²) in [5, 5.41) is 3.76. The minimum atomic E-state index is 0.239. The van der Waals surface area contributed by atoms with Crippen LogP contribution in [0.5, 0.6) is 5.75 Å². The van der Waals surface area contributed by atoms with Crippen LogP contribution in [0.15, 0.2) is 48.7 Å². The molecule has 5 nitrogen and oxygen atoms in total. The zero-order valence-corrected chi connectivity index (χ0v) is 17.3. The van der Waals surface area contributed by atoms with E-state index >= 15 is 0 Å².